The van der Waals surface area contributed by atoms with Crippen LogP contribution in [0.1, 0.15) is 33.4 Å². The van der Waals surface area contributed by atoms with E-state index in [2.05, 4.69) is 0 Å². The molecule has 0 saturated heterocycles. The predicted molar refractivity (Wildman–Crippen MR) is 119 cm³/mol. The Morgan fingerprint density at radius 3 is 1.10 bits per heavy atom. The fourth-order valence-corrected chi connectivity index (χ4v) is 4.12. The summed E-state index contributed by atoms with van der Waals surface area (Å²) in [6, 6.07) is 5.62. The highest BCUT2D eigenvalue weighted by molar-refractivity contribution is 5.62. The van der Waals surface area contributed by atoms with Crippen molar-refractivity contribution in [3.8, 4) is 11.1 Å². The van der Waals surface area contributed by atoms with Gasteiger partial charge in [-0.3, -0.25) is 0 Å². The third kappa shape index (κ3) is 6.48. The summed E-state index contributed by atoms with van der Waals surface area (Å²) < 4.78 is 161. The first kappa shape index (κ1) is 29.2. The zero-order chi connectivity index (χ0) is 29.7. The molecule has 0 saturated carbocycles. The van der Waals surface area contributed by atoms with Gasteiger partial charge in [-0.1, -0.05) is 12.1 Å². The molecule has 0 radical (unpaired) electrons. The quantitative estimate of drug-likeness (QED) is 0.207. The van der Waals surface area contributed by atoms with E-state index in [1.54, 1.807) is 0 Å². The lowest BCUT2D eigenvalue weighted by Gasteiger charge is -2.16. The summed E-state index contributed by atoms with van der Waals surface area (Å²) in [5.74, 6) is 0. The summed E-state index contributed by atoms with van der Waals surface area (Å²) in [6.45, 7) is -0.845. The van der Waals surface area contributed by atoms with E-state index < -0.39 is 71.2 Å². The summed E-state index contributed by atoms with van der Waals surface area (Å²) in [5.41, 5.74) is -5.74. The van der Waals surface area contributed by atoms with Crippen molar-refractivity contribution in [3.63, 3.8) is 0 Å². The monoisotopic (exact) mass is 584 g/mol. The number of benzene rings is 2. The minimum atomic E-state index is -5.04. The molecule has 0 aliphatic heterocycles. The third-order valence-electron chi connectivity index (χ3n) is 6.03. The van der Waals surface area contributed by atoms with Crippen LogP contribution in [0, 0.1) is 0 Å². The van der Waals surface area contributed by atoms with Crippen molar-refractivity contribution in [3.05, 3.63) is 107 Å². The van der Waals surface area contributed by atoms with E-state index in [0.29, 0.717) is 23.3 Å². The second kappa shape index (κ2) is 9.97. The van der Waals surface area contributed by atoms with Gasteiger partial charge in [-0.2, -0.15) is 52.7 Å². The molecule has 14 heteroatoms. The Hall–Kier alpha value is -3.84. The molecule has 2 heterocycles. The standard InChI is InChI=1S/C26H16F12N2/c27-23(28,29)19-3-1-17(21(9-19)25(33,34)35)13-39-7-5-15(11-39)16-6-8-40(12-16)14-18-2-4-20(24(30,31)32)10-22(18)26(36,37)38/h1-12H,13-14H2. The second-order valence-electron chi connectivity index (χ2n) is 8.88. The molecule has 40 heavy (non-hydrogen) atoms. The maximum Gasteiger partial charge on any atom is 0.416 e. The summed E-state index contributed by atoms with van der Waals surface area (Å²) in [7, 11) is 0. The maximum atomic E-state index is 13.4. The fraction of sp³-hybridized carbons (Fsp3) is 0.231. The molecule has 2 aromatic carbocycles. The fourth-order valence-electron chi connectivity index (χ4n) is 4.12. The molecule has 4 rings (SSSR count). The summed E-state index contributed by atoms with van der Waals surface area (Å²) in [4.78, 5) is 0. The first-order valence-corrected chi connectivity index (χ1v) is 11.2. The molecule has 0 spiro atoms. The van der Waals surface area contributed by atoms with Crippen LogP contribution in [0.5, 0.6) is 0 Å². The molecule has 0 bridgehead atoms. The smallest absolute Gasteiger partial charge is 0.349 e. The summed E-state index contributed by atoms with van der Waals surface area (Å²) in [6.07, 6.45) is -14.5. The molecule has 0 fully saturated rings. The van der Waals surface area contributed by atoms with Gasteiger partial charge in [-0.05, 0) is 47.5 Å². The van der Waals surface area contributed by atoms with Gasteiger partial charge in [-0.25, -0.2) is 0 Å². The molecule has 0 amide bonds. The van der Waals surface area contributed by atoms with E-state index >= 15 is 0 Å². The molecule has 0 aliphatic rings. The van der Waals surface area contributed by atoms with Crippen molar-refractivity contribution in [2.75, 3.05) is 0 Å². The average molecular weight is 584 g/mol. The van der Waals surface area contributed by atoms with Gasteiger partial charge < -0.3 is 9.13 Å². The number of nitrogens with zero attached hydrogens (tertiary/aromatic N) is 2. The van der Waals surface area contributed by atoms with E-state index in [4.69, 9.17) is 0 Å². The molecular weight excluding hydrogens is 568 g/mol. The molecule has 2 aromatic heterocycles. The van der Waals surface area contributed by atoms with Crippen LogP contribution in [0.3, 0.4) is 0 Å². The van der Waals surface area contributed by atoms with Crippen LogP contribution in [-0.4, -0.2) is 9.13 Å². The number of alkyl halides is 12. The highest BCUT2D eigenvalue weighted by atomic mass is 19.4. The van der Waals surface area contributed by atoms with Gasteiger partial charge in [0.05, 0.1) is 22.3 Å². The Kier molecular flexibility index (Phi) is 7.26. The van der Waals surface area contributed by atoms with Gasteiger partial charge in [0.1, 0.15) is 0 Å². The summed E-state index contributed by atoms with van der Waals surface area (Å²) in [5, 5.41) is 0. The number of halogens is 12. The molecule has 214 valence electrons. The zero-order valence-corrected chi connectivity index (χ0v) is 19.8. The topological polar surface area (TPSA) is 9.86 Å². The number of hydrogen-bond donors (Lipinski definition) is 0. The normalized spacial score (nSPS) is 13.2. The first-order chi connectivity index (χ1) is 18.3. The van der Waals surface area contributed by atoms with Crippen LogP contribution in [-0.2, 0) is 37.8 Å². The highest BCUT2D eigenvalue weighted by Crippen LogP contribution is 2.39. The molecule has 0 N–H and O–H groups in total. The van der Waals surface area contributed by atoms with Crippen LogP contribution < -0.4 is 0 Å². The largest absolute Gasteiger partial charge is 0.416 e. The minimum Gasteiger partial charge on any atom is -0.349 e. The SMILES string of the molecule is FC(F)(F)c1ccc(Cn2ccc(-c3ccn(Cc4ccc(C(F)(F)F)cc4C(F)(F)F)c3)c2)c(C(F)(F)F)c1. The van der Waals surface area contributed by atoms with Crippen molar-refractivity contribution in [1.82, 2.24) is 9.13 Å². The van der Waals surface area contributed by atoms with Gasteiger partial charge >= 0.3 is 24.7 Å². The van der Waals surface area contributed by atoms with Crippen LogP contribution in [0.2, 0.25) is 0 Å². The van der Waals surface area contributed by atoms with Crippen LogP contribution in [0.4, 0.5) is 52.7 Å². The Bertz CT molecular complexity index is 1380. The Balaban J connectivity index is 1.57. The Morgan fingerprint density at radius 2 is 0.800 bits per heavy atom. The lowest BCUT2D eigenvalue weighted by atomic mass is 10.0. The van der Waals surface area contributed by atoms with Gasteiger partial charge in [-0.15, -0.1) is 0 Å². The minimum absolute atomic E-state index is 0.0380. The Labute approximate surface area is 218 Å². The van der Waals surface area contributed by atoms with E-state index in [9.17, 15) is 52.7 Å². The van der Waals surface area contributed by atoms with Crippen LogP contribution >= 0.6 is 0 Å². The molecule has 0 unspecified atom stereocenters. The molecule has 0 aliphatic carbocycles. The van der Waals surface area contributed by atoms with Crippen molar-refractivity contribution < 1.29 is 52.7 Å². The molecule has 4 aromatic rings. The average Bonchev–Trinajstić information content (AvgIpc) is 3.46. The predicted octanol–water partition coefficient (Wildman–Crippen LogP) is 9.13. The van der Waals surface area contributed by atoms with Gasteiger partial charge in [0, 0.05) is 49.0 Å². The summed E-state index contributed by atoms with van der Waals surface area (Å²) >= 11 is 0. The molecular formula is C26H16F12N2. The van der Waals surface area contributed by atoms with Crippen molar-refractivity contribution >= 4 is 0 Å². The maximum absolute atomic E-state index is 13.4. The van der Waals surface area contributed by atoms with Gasteiger partial charge in [0.25, 0.3) is 0 Å². The van der Waals surface area contributed by atoms with E-state index in [1.165, 1.54) is 46.1 Å². The van der Waals surface area contributed by atoms with E-state index in [0.717, 1.165) is 12.1 Å². The van der Waals surface area contributed by atoms with Crippen molar-refractivity contribution in [2.24, 2.45) is 0 Å². The number of hydrogen-bond acceptors (Lipinski definition) is 0. The molecule has 2 nitrogen and oxygen atoms in total. The zero-order valence-electron chi connectivity index (χ0n) is 19.8. The van der Waals surface area contributed by atoms with Crippen LogP contribution in [0.15, 0.2) is 73.3 Å². The highest BCUT2D eigenvalue weighted by Gasteiger charge is 2.39. The second-order valence-corrected chi connectivity index (χ2v) is 8.88. The first-order valence-electron chi connectivity index (χ1n) is 11.2. The lowest BCUT2D eigenvalue weighted by molar-refractivity contribution is -0.145. The molecule has 0 atom stereocenters. The number of rotatable bonds is 5. The van der Waals surface area contributed by atoms with E-state index in [1.807, 2.05) is 0 Å². The van der Waals surface area contributed by atoms with Gasteiger partial charge in [0.15, 0.2) is 0 Å². The van der Waals surface area contributed by atoms with Crippen molar-refractivity contribution in [1.29, 1.82) is 0 Å². The number of aromatic nitrogens is 2. The van der Waals surface area contributed by atoms with Gasteiger partial charge in [0.2, 0.25) is 0 Å². The van der Waals surface area contributed by atoms with Crippen LogP contribution in [0.25, 0.3) is 11.1 Å². The van der Waals surface area contributed by atoms with E-state index in [-0.39, 0.29) is 12.1 Å². The third-order valence-corrected chi connectivity index (χ3v) is 6.03. The Morgan fingerprint density at radius 1 is 0.450 bits per heavy atom. The lowest BCUT2D eigenvalue weighted by Crippen LogP contribution is -2.14. The van der Waals surface area contributed by atoms with Crippen molar-refractivity contribution in [2.45, 2.75) is 37.8 Å².